The van der Waals surface area contributed by atoms with Crippen LogP contribution in [-0.4, -0.2) is 38.9 Å². The second-order valence-electron chi connectivity index (χ2n) is 5.62. The zero-order chi connectivity index (χ0) is 11.4. The van der Waals surface area contributed by atoms with Crippen LogP contribution in [0.3, 0.4) is 0 Å². The third-order valence-electron chi connectivity index (χ3n) is 4.37. The molecule has 2 atom stereocenters. The van der Waals surface area contributed by atoms with Gasteiger partial charge in [0.1, 0.15) is 0 Å². The van der Waals surface area contributed by atoms with Crippen molar-refractivity contribution >= 4 is 5.91 Å². The van der Waals surface area contributed by atoms with Crippen LogP contribution in [0.15, 0.2) is 12.4 Å². The Morgan fingerprint density at radius 3 is 2.76 bits per heavy atom. The van der Waals surface area contributed by atoms with E-state index in [0.29, 0.717) is 17.9 Å². The highest BCUT2D eigenvalue weighted by molar-refractivity contribution is 5.82. The Balaban J connectivity index is 1.32. The highest BCUT2D eigenvalue weighted by atomic mass is 16.2. The van der Waals surface area contributed by atoms with E-state index in [2.05, 4.69) is 10.3 Å². The van der Waals surface area contributed by atoms with Gasteiger partial charge in [0.15, 0.2) is 0 Å². The molecule has 3 fully saturated rings. The van der Waals surface area contributed by atoms with Crippen LogP contribution < -0.4 is 0 Å². The molecule has 5 nitrogen and oxygen atoms in total. The predicted octanol–water partition coefficient (Wildman–Crippen LogP) is 0.708. The zero-order valence-corrected chi connectivity index (χ0v) is 9.70. The number of amides is 1. The summed E-state index contributed by atoms with van der Waals surface area (Å²) in [7, 11) is 0. The number of carbonyl (C=O) groups excluding carboxylic acids is 1. The van der Waals surface area contributed by atoms with E-state index in [9.17, 15) is 4.79 Å². The van der Waals surface area contributed by atoms with Crippen molar-refractivity contribution in [3.05, 3.63) is 12.4 Å². The maximum atomic E-state index is 12.1. The van der Waals surface area contributed by atoms with Crippen molar-refractivity contribution in [2.45, 2.75) is 25.3 Å². The largest absolute Gasteiger partial charge is 0.338 e. The molecule has 4 rings (SSSR count). The summed E-state index contributed by atoms with van der Waals surface area (Å²) in [5, 5.41) is 7.77. The fourth-order valence-electron chi connectivity index (χ4n) is 2.99. The Morgan fingerprint density at radius 1 is 1.29 bits per heavy atom. The molecule has 0 N–H and O–H groups in total. The molecule has 2 saturated carbocycles. The van der Waals surface area contributed by atoms with E-state index in [4.69, 9.17) is 0 Å². The van der Waals surface area contributed by atoms with Crippen LogP contribution in [0, 0.1) is 17.8 Å². The van der Waals surface area contributed by atoms with Crippen LogP contribution in [0.5, 0.6) is 0 Å². The minimum atomic E-state index is 0.347. The summed E-state index contributed by atoms with van der Waals surface area (Å²) >= 11 is 0. The number of hydrogen-bond donors (Lipinski definition) is 0. The highest BCUT2D eigenvalue weighted by Crippen LogP contribution is 2.55. The maximum absolute atomic E-state index is 12.1. The average Bonchev–Trinajstić information content (AvgIpc) is 3.14. The number of rotatable bonds is 3. The lowest BCUT2D eigenvalue weighted by atomic mass is 10.1. The molecule has 1 saturated heterocycles. The lowest BCUT2D eigenvalue weighted by molar-refractivity contribution is -0.139. The van der Waals surface area contributed by atoms with Crippen LogP contribution in [0.2, 0.25) is 0 Å². The van der Waals surface area contributed by atoms with Gasteiger partial charge in [0, 0.05) is 25.2 Å². The van der Waals surface area contributed by atoms with Crippen molar-refractivity contribution in [1.29, 1.82) is 0 Å². The Labute approximate surface area is 99.8 Å². The quantitative estimate of drug-likeness (QED) is 0.771. The van der Waals surface area contributed by atoms with Crippen molar-refractivity contribution < 1.29 is 4.79 Å². The Morgan fingerprint density at radius 2 is 2.12 bits per heavy atom. The van der Waals surface area contributed by atoms with Crippen LogP contribution >= 0.6 is 0 Å². The second kappa shape index (κ2) is 3.31. The first-order chi connectivity index (χ1) is 8.33. The molecule has 1 aromatic rings. The lowest BCUT2D eigenvalue weighted by Crippen LogP contribution is -2.51. The van der Waals surface area contributed by atoms with E-state index in [1.807, 2.05) is 15.8 Å². The molecule has 17 heavy (non-hydrogen) atoms. The summed E-state index contributed by atoms with van der Waals surface area (Å²) in [6.45, 7) is 1.63. The summed E-state index contributed by atoms with van der Waals surface area (Å²) in [6, 6.07) is 0.347. The molecule has 0 radical (unpaired) electrons. The third kappa shape index (κ3) is 1.56. The summed E-state index contributed by atoms with van der Waals surface area (Å²) in [4.78, 5) is 14.1. The van der Waals surface area contributed by atoms with E-state index in [1.54, 1.807) is 6.20 Å². The first kappa shape index (κ1) is 9.62. The fourth-order valence-corrected chi connectivity index (χ4v) is 2.99. The van der Waals surface area contributed by atoms with E-state index in [1.165, 1.54) is 12.8 Å². The minimum Gasteiger partial charge on any atom is -0.338 e. The van der Waals surface area contributed by atoms with Gasteiger partial charge in [-0.2, -0.15) is 0 Å². The summed E-state index contributed by atoms with van der Waals surface area (Å²) in [5.74, 6) is 2.36. The Kier molecular flexibility index (Phi) is 1.87. The van der Waals surface area contributed by atoms with Gasteiger partial charge < -0.3 is 4.90 Å². The Bertz CT molecular complexity index is 433. The van der Waals surface area contributed by atoms with Gasteiger partial charge in [0.2, 0.25) is 5.91 Å². The molecule has 1 aromatic heterocycles. The van der Waals surface area contributed by atoms with Gasteiger partial charge in [0.05, 0.1) is 12.2 Å². The van der Waals surface area contributed by atoms with Crippen molar-refractivity contribution in [2.24, 2.45) is 17.8 Å². The van der Waals surface area contributed by atoms with Crippen LogP contribution in [0.25, 0.3) is 0 Å². The first-order valence-electron chi connectivity index (χ1n) is 6.47. The molecule has 2 heterocycles. The molecule has 5 heteroatoms. The summed E-state index contributed by atoms with van der Waals surface area (Å²) < 4.78 is 1.86. The molecule has 2 unspecified atom stereocenters. The fraction of sp³-hybridized carbons (Fsp3) is 0.750. The van der Waals surface area contributed by atoms with E-state index >= 15 is 0 Å². The first-order valence-corrected chi connectivity index (χ1v) is 6.47. The highest BCUT2D eigenvalue weighted by Gasteiger charge is 2.53. The molecule has 0 bridgehead atoms. The van der Waals surface area contributed by atoms with Crippen molar-refractivity contribution in [2.75, 3.05) is 13.1 Å². The van der Waals surface area contributed by atoms with Crippen molar-refractivity contribution in [3.63, 3.8) is 0 Å². The molecular weight excluding hydrogens is 216 g/mol. The topological polar surface area (TPSA) is 51.0 Å². The Hall–Kier alpha value is -1.39. The normalized spacial score (nSPS) is 32.4. The number of carbonyl (C=O) groups is 1. The van der Waals surface area contributed by atoms with Crippen LogP contribution in [0.4, 0.5) is 0 Å². The van der Waals surface area contributed by atoms with E-state index in [-0.39, 0.29) is 0 Å². The van der Waals surface area contributed by atoms with Gasteiger partial charge in [-0.05, 0) is 31.1 Å². The zero-order valence-electron chi connectivity index (χ0n) is 9.70. The summed E-state index contributed by atoms with van der Waals surface area (Å²) in [6.07, 6.45) is 7.42. The molecule has 1 amide bonds. The van der Waals surface area contributed by atoms with Gasteiger partial charge in [-0.1, -0.05) is 5.21 Å². The van der Waals surface area contributed by atoms with Crippen molar-refractivity contribution in [3.8, 4) is 0 Å². The minimum absolute atomic E-state index is 0.347. The third-order valence-corrected chi connectivity index (χ3v) is 4.37. The van der Waals surface area contributed by atoms with Gasteiger partial charge in [0.25, 0.3) is 0 Å². The van der Waals surface area contributed by atoms with Gasteiger partial charge >= 0.3 is 0 Å². The van der Waals surface area contributed by atoms with Crippen LogP contribution in [0.1, 0.15) is 25.3 Å². The van der Waals surface area contributed by atoms with Crippen molar-refractivity contribution in [1.82, 2.24) is 19.9 Å². The number of nitrogens with zero attached hydrogens (tertiary/aromatic N) is 4. The van der Waals surface area contributed by atoms with Crippen LogP contribution in [-0.2, 0) is 4.79 Å². The summed E-state index contributed by atoms with van der Waals surface area (Å²) in [5.41, 5.74) is 0. The van der Waals surface area contributed by atoms with E-state index < -0.39 is 0 Å². The average molecular weight is 232 g/mol. The van der Waals surface area contributed by atoms with Gasteiger partial charge in [-0.25, -0.2) is 4.68 Å². The number of likely N-dealkylation sites (tertiary alicyclic amines) is 1. The smallest absolute Gasteiger partial charge is 0.226 e. The van der Waals surface area contributed by atoms with E-state index in [0.717, 1.165) is 31.3 Å². The molecule has 2 aliphatic carbocycles. The molecular formula is C12H16N4O. The predicted molar refractivity (Wildman–Crippen MR) is 60.0 cm³/mol. The lowest BCUT2D eigenvalue weighted by Gasteiger charge is -2.39. The van der Waals surface area contributed by atoms with Gasteiger partial charge in [-0.3, -0.25) is 4.79 Å². The van der Waals surface area contributed by atoms with Gasteiger partial charge in [-0.15, -0.1) is 5.10 Å². The molecule has 90 valence electrons. The standard InChI is InChI=1S/C12H16N4O/c17-12(11-5-10(11)8-1-2-8)15-6-9(7-15)16-4-3-13-14-16/h3-4,8-11H,1-2,5-7H2. The maximum Gasteiger partial charge on any atom is 0.226 e. The second-order valence-corrected chi connectivity index (χ2v) is 5.62. The molecule has 1 aliphatic heterocycles. The number of hydrogen-bond acceptors (Lipinski definition) is 3. The molecule has 3 aliphatic rings. The molecule has 0 spiro atoms. The number of aromatic nitrogens is 3. The SMILES string of the molecule is O=C(C1CC1C1CC1)N1CC(n2ccnn2)C1. The monoisotopic (exact) mass is 232 g/mol. The molecule has 0 aromatic carbocycles.